The molecule has 0 N–H and O–H groups in total. The molecule has 1 aliphatic rings. The molecule has 0 saturated carbocycles. The lowest BCUT2D eigenvalue weighted by Gasteiger charge is -2.30. The summed E-state index contributed by atoms with van der Waals surface area (Å²) in [6.07, 6.45) is 2.82. The molecule has 0 atom stereocenters. The minimum absolute atomic E-state index is 0.0928. The molecule has 14 heavy (non-hydrogen) atoms. The van der Waals surface area contributed by atoms with Crippen LogP contribution in [0, 0.1) is 5.41 Å². The maximum Gasteiger partial charge on any atom is 0.0746 e. The largest absolute Gasteiger partial charge is 0.0865 e. The molecule has 0 radical (unpaired) electrons. The van der Waals surface area contributed by atoms with Crippen molar-refractivity contribution in [2.45, 2.75) is 40.0 Å². The van der Waals surface area contributed by atoms with Crippen LogP contribution in [-0.2, 0) is 0 Å². The normalized spacial score (nSPS) is 21.0. The summed E-state index contributed by atoms with van der Waals surface area (Å²) in [5.74, 6) is 0. The number of allylic oxidation sites excluding steroid dienone is 4. The van der Waals surface area contributed by atoms with Crippen molar-refractivity contribution in [3.8, 4) is 0 Å². The van der Waals surface area contributed by atoms with Gasteiger partial charge in [0, 0.05) is 10.4 Å². The molecular formula is C11H15Cl3. The van der Waals surface area contributed by atoms with Crippen LogP contribution in [0.1, 0.15) is 40.0 Å². The van der Waals surface area contributed by atoms with Crippen LogP contribution in [0.15, 0.2) is 20.7 Å². The van der Waals surface area contributed by atoms with Crippen molar-refractivity contribution < 1.29 is 0 Å². The Bertz CT molecular complexity index is 296. The second-order valence-corrected chi connectivity index (χ2v) is 4.70. The maximum absolute atomic E-state index is 6.28. The third-order valence-corrected chi connectivity index (χ3v) is 4.75. The SMILES string of the molecule is CCC1=C(Cl)C(Cl)=C(Cl)C1(CC)CC. The zero-order valence-electron chi connectivity index (χ0n) is 8.76. The third-order valence-electron chi connectivity index (χ3n) is 3.21. The highest BCUT2D eigenvalue weighted by Crippen LogP contribution is 2.56. The Morgan fingerprint density at radius 2 is 1.43 bits per heavy atom. The van der Waals surface area contributed by atoms with Crippen LogP contribution in [0.2, 0.25) is 0 Å². The molecule has 0 aliphatic heterocycles. The minimum atomic E-state index is -0.0928. The Morgan fingerprint density at radius 3 is 1.71 bits per heavy atom. The summed E-state index contributed by atoms with van der Waals surface area (Å²) < 4.78 is 0. The van der Waals surface area contributed by atoms with E-state index in [1.807, 2.05) is 0 Å². The Labute approximate surface area is 101 Å². The van der Waals surface area contributed by atoms with E-state index in [0.717, 1.165) is 24.3 Å². The van der Waals surface area contributed by atoms with Crippen molar-refractivity contribution in [2.24, 2.45) is 5.41 Å². The smallest absolute Gasteiger partial charge is 0.0746 e. The van der Waals surface area contributed by atoms with E-state index in [-0.39, 0.29) is 5.41 Å². The Balaban J connectivity index is 3.31. The molecule has 0 bridgehead atoms. The summed E-state index contributed by atoms with van der Waals surface area (Å²) in [5.41, 5.74) is 1.10. The molecule has 0 heterocycles. The second-order valence-electron chi connectivity index (χ2n) is 3.56. The standard InChI is InChI=1S/C11H15Cl3/c1-4-7-8(12)9(13)10(14)11(7,5-2)6-3/h4-6H2,1-3H3. The van der Waals surface area contributed by atoms with Crippen LogP contribution in [-0.4, -0.2) is 0 Å². The van der Waals surface area contributed by atoms with Crippen molar-refractivity contribution in [1.29, 1.82) is 0 Å². The van der Waals surface area contributed by atoms with E-state index in [2.05, 4.69) is 20.8 Å². The van der Waals surface area contributed by atoms with Crippen molar-refractivity contribution in [2.75, 3.05) is 0 Å². The van der Waals surface area contributed by atoms with Crippen LogP contribution in [0.4, 0.5) is 0 Å². The molecule has 80 valence electrons. The minimum Gasteiger partial charge on any atom is -0.0865 e. The van der Waals surface area contributed by atoms with Crippen LogP contribution >= 0.6 is 34.8 Å². The van der Waals surface area contributed by atoms with Gasteiger partial charge in [-0.3, -0.25) is 0 Å². The van der Waals surface area contributed by atoms with E-state index in [4.69, 9.17) is 34.8 Å². The monoisotopic (exact) mass is 252 g/mol. The predicted octanol–water partition coefficient (Wildman–Crippen LogP) is 5.40. The summed E-state index contributed by atoms with van der Waals surface area (Å²) in [6.45, 7) is 6.35. The van der Waals surface area contributed by atoms with Gasteiger partial charge in [-0.25, -0.2) is 0 Å². The fraction of sp³-hybridized carbons (Fsp3) is 0.636. The number of halogens is 3. The average Bonchev–Trinajstić information content (AvgIpc) is 2.39. The fourth-order valence-electron chi connectivity index (χ4n) is 2.26. The Morgan fingerprint density at radius 1 is 0.929 bits per heavy atom. The van der Waals surface area contributed by atoms with Crippen LogP contribution in [0.5, 0.6) is 0 Å². The number of rotatable bonds is 3. The third kappa shape index (κ3) is 1.52. The molecule has 0 saturated heterocycles. The number of hydrogen-bond acceptors (Lipinski definition) is 0. The molecule has 1 rings (SSSR count). The highest BCUT2D eigenvalue weighted by Gasteiger charge is 2.42. The van der Waals surface area contributed by atoms with Crippen molar-refractivity contribution in [3.05, 3.63) is 20.7 Å². The lowest BCUT2D eigenvalue weighted by molar-refractivity contribution is 0.412. The van der Waals surface area contributed by atoms with Crippen LogP contribution in [0.3, 0.4) is 0 Å². The Hall–Kier alpha value is 0.350. The summed E-state index contributed by atoms with van der Waals surface area (Å²) in [4.78, 5) is 0. The topological polar surface area (TPSA) is 0 Å². The van der Waals surface area contributed by atoms with E-state index in [1.54, 1.807) is 0 Å². The zero-order chi connectivity index (χ0) is 10.9. The fourth-order valence-corrected chi connectivity index (χ4v) is 3.49. The second kappa shape index (κ2) is 4.47. The summed E-state index contributed by atoms with van der Waals surface area (Å²) >= 11 is 18.5. The Kier molecular flexibility index (Phi) is 3.96. The molecule has 0 unspecified atom stereocenters. The van der Waals surface area contributed by atoms with Gasteiger partial charge in [0.2, 0.25) is 0 Å². The van der Waals surface area contributed by atoms with Gasteiger partial charge in [-0.05, 0) is 24.8 Å². The molecule has 0 aromatic carbocycles. The van der Waals surface area contributed by atoms with Crippen LogP contribution < -0.4 is 0 Å². The van der Waals surface area contributed by atoms with Gasteiger partial charge in [-0.2, -0.15) is 0 Å². The average molecular weight is 254 g/mol. The lowest BCUT2D eigenvalue weighted by atomic mass is 9.76. The van der Waals surface area contributed by atoms with Gasteiger partial charge in [0.1, 0.15) is 0 Å². The van der Waals surface area contributed by atoms with Gasteiger partial charge >= 0.3 is 0 Å². The molecule has 3 heteroatoms. The van der Waals surface area contributed by atoms with Gasteiger partial charge in [0.15, 0.2) is 0 Å². The molecule has 0 fully saturated rings. The summed E-state index contributed by atoms with van der Waals surface area (Å²) in [7, 11) is 0. The first kappa shape index (κ1) is 12.4. The van der Waals surface area contributed by atoms with Gasteiger partial charge in [0.05, 0.1) is 10.1 Å². The van der Waals surface area contributed by atoms with Gasteiger partial charge in [0.25, 0.3) is 0 Å². The van der Waals surface area contributed by atoms with Crippen molar-refractivity contribution in [1.82, 2.24) is 0 Å². The van der Waals surface area contributed by atoms with E-state index >= 15 is 0 Å². The molecule has 0 aromatic rings. The van der Waals surface area contributed by atoms with Crippen molar-refractivity contribution >= 4 is 34.8 Å². The predicted molar refractivity (Wildman–Crippen MR) is 64.9 cm³/mol. The number of hydrogen-bond donors (Lipinski definition) is 0. The van der Waals surface area contributed by atoms with Gasteiger partial charge < -0.3 is 0 Å². The first-order valence-electron chi connectivity index (χ1n) is 5.00. The maximum atomic E-state index is 6.28. The highest BCUT2D eigenvalue weighted by atomic mass is 35.5. The zero-order valence-corrected chi connectivity index (χ0v) is 11.0. The highest BCUT2D eigenvalue weighted by molar-refractivity contribution is 6.49. The van der Waals surface area contributed by atoms with E-state index < -0.39 is 0 Å². The van der Waals surface area contributed by atoms with Crippen molar-refractivity contribution in [3.63, 3.8) is 0 Å². The molecule has 0 spiro atoms. The quantitative estimate of drug-likeness (QED) is 0.632. The van der Waals surface area contributed by atoms with E-state index in [0.29, 0.717) is 10.1 Å². The molecule has 0 aromatic heterocycles. The van der Waals surface area contributed by atoms with Crippen LogP contribution in [0.25, 0.3) is 0 Å². The van der Waals surface area contributed by atoms with Gasteiger partial charge in [-0.1, -0.05) is 55.6 Å². The molecule has 0 nitrogen and oxygen atoms in total. The summed E-state index contributed by atoms with van der Waals surface area (Å²) in [5, 5.41) is 1.95. The molecule has 1 aliphatic carbocycles. The molecular weight excluding hydrogens is 238 g/mol. The summed E-state index contributed by atoms with van der Waals surface area (Å²) in [6, 6.07) is 0. The first-order valence-corrected chi connectivity index (χ1v) is 6.13. The lowest BCUT2D eigenvalue weighted by Crippen LogP contribution is -2.19. The molecule has 0 amide bonds. The first-order chi connectivity index (χ1) is 6.55. The van der Waals surface area contributed by atoms with Gasteiger partial charge in [-0.15, -0.1) is 0 Å². The van der Waals surface area contributed by atoms with E-state index in [1.165, 1.54) is 5.57 Å². The van der Waals surface area contributed by atoms with E-state index in [9.17, 15) is 0 Å².